The van der Waals surface area contributed by atoms with Gasteiger partial charge in [-0.15, -0.1) is 0 Å². The lowest BCUT2D eigenvalue weighted by molar-refractivity contribution is -0.132. The van der Waals surface area contributed by atoms with E-state index in [1.54, 1.807) is 11.9 Å². The third kappa shape index (κ3) is 4.33. The number of nitrogens with two attached hydrogens (primary N) is 1. The van der Waals surface area contributed by atoms with Gasteiger partial charge in [0, 0.05) is 19.6 Å². The lowest BCUT2D eigenvalue weighted by atomic mass is 10.2. The molecule has 1 unspecified atom stereocenters. The number of likely N-dealkylation sites (N-methyl/N-ethyl adjacent to an activating group) is 1. The van der Waals surface area contributed by atoms with Gasteiger partial charge in [0.15, 0.2) is 0 Å². The summed E-state index contributed by atoms with van der Waals surface area (Å²) < 4.78 is 18.0. The molecule has 5 heteroatoms. The highest BCUT2D eigenvalue weighted by atomic mass is 19.1. The smallest absolute Gasteiger partial charge is 0.226 e. The van der Waals surface area contributed by atoms with Gasteiger partial charge in [-0.25, -0.2) is 4.39 Å². The van der Waals surface area contributed by atoms with Crippen molar-refractivity contribution in [1.82, 2.24) is 4.90 Å². The van der Waals surface area contributed by atoms with Gasteiger partial charge in [-0.3, -0.25) is 4.79 Å². The molecular weight excluding hydrogens is 235 g/mol. The van der Waals surface area contributed by atoms with Crippen LogP contribution in [0.3, 0.4) is 0 Å². The quantitative estimate of drug-likeness (QED) is 0.835. The van der Waals surface area contributed by atoms with Crippen LogP contribution in [0.25, 0.3) is 0 Å². The van der Waals surface area contributed by atoms with Crippen LogP contribution in [0, 0.1) is 5.82 Å². The van der Waals surface area contributed by atoms with Crippen LogP contribution in [-0.2, 0) is 4.79 Å². The first-order valence-electron chi connectivity index (χ1n) is 5.88. The number of halogens is 1. The maximum Gasteiger partial charge on any atom is 0.226 e. The third-order valence-corrected chi connectivity index (χ3v) is 2.79. The van der Waals surface area contributed by atoms with E-state index in [2.05, 4.69) is 0 Å². The van der Waals surface area contributed by atoms with E-state index < -0.39 is 0 Å². The van der Waals surface area contributed by atoms with E-state index in [0.717, 1.165) is 0 Å². The van der Waals surface area contributed by atoms with Gasteiger partial charge in [0.2, 0.25) is 5.91 Å². The van der Waals surface area contributed by atoms with Crippen LogP contribution in [0.2, 0.25) is 0 Å². The minimum absolute atomic E-state index is 0.0170. The second-order valence-electron chi connectivity index (χ2n) is 4.14. The molecule has 1 aromatic carbocycles. The van der Waals surface area contributed by atoms with Crippen LogP contribution < -0.4 is 10.5 Å². The molecule has 4 nitrogen and oxygen atoms in total. The molecule has 0 saturated carbocycles. The van der Waals surface area contributed by atoms with Gasteiger partial charge in [0.25, 0.3) is 0 Å². The van der Waals surface area contributed by atoms with Crippen molar-refractivity contribution in [2.24, 2.45) is 5.73 Å². The van der Waals surface area contributed by atoms with Crippen molar-refractivity contribution in [1.29, 1.82) is 0 Å². The average Bonchev–Trinajstić information content (AvgIpc) is 2.39. The Hall–Kier alpha value is -1.62. The van der Waals surface area contributed by atoms with Crippen molar-refractivity contribution in [3.05, 3.63) is 30.1 Å². The van der Waals surface area contributed by atoms with Gasteiger partial charge in [-0.2, -0.15) is 0 Å². The molecule has 0 aliphatic rings. The number of hydrogen-bond acceptors (Lipinski definition) is 3. The number of amides is 1. The van der Waals surface area contributed by atoms with Gasteiger partial charge in [-0.05, 0) is 31.2 Å². The highest BCUT2D eigenvalue weighted by Crippen LogP contribution is 2.11. The van der Waals surface area contributed by atoms with Crippen molar-refractivity contribution in [2.45, 2.75) is 19.4 Å². The summed E-state index contributed by atoms with van der Waals surface area (Å²) in [5, 5.41) is 0. The largest absolute Gasteiger partial charge is 0.493 e. The molecule has 1 rings (SSSR count). The van der Waals surface area contributed by atoms with Gasteiger partial charge >= 0.3 is 0 Å². The van der Waals surface area contributed by atoms with Crippen LogP contribution in [0.15, 0.2) is 24.3 Å². The minimum Gasteiger partial charge on any atom is -0.493 e. The Morgan fingerprint density at radius 1 is 1.44 bits per heavy atom. The van der Waals surface area contributed by atoms with E-state index in [0.29, 0.717) is 12.3 Å². The number of carbonyl (C=O) groups excluding carboxylic acids is 1. The van der Waals surface area contributed by atoms with Gasteiger partial charge < -0.3 is 15.4 Å². The lowest BCUT2D eigenvalue weighted by Crippen LogP contribution is -2.40. The Balaban J connectivity index is 2.33. The molecule has 2 N–H and O–H groups in total. The fraction of sp³-hybridized carbons (Fsp3) is 0.462. The summed E-state index contributed by atoms with van der Waals surface area (Å²) in [6.07, 6.45) is 0.276. The highest BCUT2D eigenvalue weighted by molar-refractivity contribution is 5.76. The number of ether oxygens (including phenoxy) is 1. The summed E-state index contributed by atoms with van der Waals surface area (Å²) in [7, 11) is 1.72. The third-order valence-electron chi connectivity index (χ3n) is 2.79. The van der Waals surface area contributed by atoms with Crippen molar-refractivity contribution in [3.8, 4) is 5.75 Å². The molecule has 0 aliphatic heterocycles. The topological polar surface area (TPSA) is 55.6 Å². The summed E-state index contributed by atoms with van der Waals surface area (Å²) in [4.78, 5) is 13.3. The molecule has 1 amide bonds. The van der Waals surface area contributed by atoms with Gasteiger partial charge in [0.1, 0.15) is 11.6 Å². The first-order chi connectivity index (χ1) is 8.54. The molecule has 1 atom stereocenters. The molecule has 100 valence electrons. The normalized spacial score (nSPS) is 12.0. The number of carbonyl (C=O) groups is 1. The fourth-order valence-electron chi connectivity index (χ4n) is 1.37. The maximum atomic E-state index is 12.6. The van der Waals surface area contributed by atoms with E-state index in [9.17, 15) is 9.18 Å². The second kappa shape index (κ2) is 6.96. The second-order valence-corrected chi connectivity index (χ2v) is 4.14. The first-order valence-corrected chi connectivity index (χ1v) is 5.88. The fourth-order valence-corrected chi connectivity index (χ4v) is 1.37. The monoisotopic (exact) mass is 254 g/mol. The zero-order valence-corrected chi connectivity index (χ0v) is 10.7. The van der Waals surface area contributed by atoms with Crippen LogP contribution in [0.5, 0.6) is 5.75 Å². The predicted molar refractivity (Wildman–Crippen MR) is 67.8 cm³/mol. The number of rotatable bonds is 6. The molecule has 0 heterocycles. The molecule has 1 aromatic rings. The molecular formula is C13H19FN2O2. The van der Waals surface area contributed by atoms with E-state index in [1.165, 1.54) is 24.3 Å². The van der Waals surface area contributed by atoms with Crippen molar-refractivity contribution in [2.75, 3.05) is 20.2 Å². The van der Waals surface area contributed by atoms with E-state index >= 15 is 0 Å². The summed E-state index contributed by atoms with van der Waals surface area (Å²) in [6.45, 7) is 2.59. The molecule has 0 bridgehead atoms. The van der Waals surface area contributed by atoms with Crippen molar-refractivity contribution >= 4 is 5.91 Å². The predicted octanol–water partition coefficient (Wildman–Crippen LogP) is 1.40. The van der Waals surface area contributed by atoms with Gasteiger partial charge in [0.05, 0.1) is 13.0 Å². The number of nitrogens with zero attached hydrogens (tertiary/aromatic N) is 1. The van der Waals surface area contributed by atoms with Crippen LogP contribution in [0.4, 0.5) is 4.39 Å². The summed E-state index contributed by atoms with van der Waals surface area (Å²) >= 11 is 0. The zero-order valence-electron chi connectivity index (χ0n) is 10.7. The summed E-state index contributed by atoms with van der Waals surface area (Å²) in [5.74, 6) is 0.226. The van der Waals surface area contributed by atoms with Crippen LogP contribution >= 0.6 is 0 Å². The summed E-state index contributed by atoms with van der Waals surface area (Å²) in [6, 6.07) is 5.72. The molecule has 0 fully saturated rings. The lowest BCUT2D eigenvalue weighted by Gasteiger charge is -2.23. The first kappa shape index (κ1) is 14.4. The minimum atomic E-state index is -0.310. The number of hydrogen-bond donors (Lipinski definition) is 1. The van der Waals surface area contributed by atoms with Gasteiger partial charge in [-0.1, -0.05) is 0 Å². The Morgan fingerprint density at radius 2 is 2.06 bits per heavy atom. The van der Waals surface area contributed by atoms with Crippen molar-refractivity contribution < 1.29 is 13.9 Å². The Labute approximate surface area is 107 Å². The Morgan fingerprint density at radius 3 is 2.61 bits per heavy atom. The number of benzene rings is 1. The Bertz CT molecular complexity index is 381. The van der Waals surface area contributed by atoms with E-state index in [4.69, 9.17) is 10.5 Å². The van der Waals surface area contributed by atoms with Crippen LogP contribution in [-0.4, -0.2) is 37.0 Å². The maximum absolute atomic E-state index is 12.6. The van der Waals surface area contributed by atoms with E-state index in [-0.39, 0.29) is 30.8 Å². The molecule has 0 spiro atoms. The SMILES string of the molecule is CC(CN)N(C)C(=O)CCOc1ccc(F)cc1. The average molecular weight is 254 g/mol. The van der Waals surface area contributed by atoms with E-state index in [1.807, 2.05) is 6.92 Å². The van der Waals surface area contributed by atoms with Crippen molar-refractivity contribution in [3.63, 3.8) is 0 Å². The molecule has 0 aromatic heterocycles. The summed E-state index contributed by atoms with van der Waals surface area (Å²) in [5.41, 5.74) is 5.48. The molecule has 0 aliphatic carbocycles. The zero-order chi connectivity index (χ0) is 13.5. The molecule has 18 heavy (non-hydrogen) atoms. The molecule has 0 radical (unpaired) electrons. The van der Waals surface area contributed by atoms with Crippen LogP contribution in [0.1, 0.15) is 13.3 Å². The standard InChI is InChI=1S/C13H19FN2O2/c1-10(9-15)16(2)13(17)7-8-18-12-5-3-11(14)4-6-12/h3-6,10H,7-9,15H2,1-2H3. The Kier molecular flexibility index (Phi) is 5.58. The molecule has 0 saturated heterocycles. The highest BCUT2D eigenvalue weighted by Gasteiger charge is 2.13.